The maximum Gasteiger partial charge on any atom is 0.220 e. The Morgan fingerprint density at radius 3 is 2.89 bits per heavy atom. The second kappa shape index (κ2) is 4.19. The number of benzene rings is 1. The molecule has 4 heteroatoms. The maximum absolute atomic E-state index is 11.3. The fourth-order valence-electron chi connectivity index (χ4n) is 2.78. The fraction of sp³-hybridized carbons (Fsp3) is 0.500. The van der Waals surface area contributed by atoms with Crippen LogP contribution in [0.15, 0.2) is 12.1 Å². The predicted octanol–water partition coefficient (Wildman–Crippen LogP) is 1.62. The molecule has 3 rings (SSSR count). The number of hydrogen-bond acceptors (Lipinski definition) is 3. The van der Waals surface area contributed by atoms with Crippen LogP contribution in [0.5, 0.6) is 11.5 Å². The second-order valence-electron chi connectivity index (χ2n) is 5.04. The van der Waals surface area contributed by atoms with Crippen LogP contribution >= 0.6 is 0 Å². The second-order valence-corrected chi connectivity index (χ2v) is 5.04. The average molecular weight is 247 g/mol. The number of fused-ring (bicyclic) bond motifs is 1. The Bertz CT molecular complexity index is 498. The van der Waals surface area contributed by atoms with Crippen LogP contribution in [0.25, 0.3) is 0 Å². The molecule has 1 aromatic rings. The molecule has 0 aliphatic carbocycles. The molecule has 1 saturated heterocycles. The van der Waals surface area contributed by atoms with Gasteiger partial charge in [0, 0.05) is 36.4 Å². The van der Waals surface area contributed by atoms with Gasteiger partial charge in [0.05, 0.1) is 7.11 Å². The van der Waals surface area contributed by atoms with Crippen molar-refractivity contribution in [2.75, 3.05) is 13.7 Å². The number of ether oxygens (including phenoxy) is 2. The molecule has 0 spiro atoms. The van der Waals surface area contributed by atoms with E-state index in [0.717, 1.165) is 23.5 Å². The standard InChI is InChI=1S/C14H17NO3/c1-8-3-9-4-13(17-2)11(6-12(9)18-8)10-5-14(16)15-7-10/h4,6,8,10H,3,5,7H2,1-2H3,(H,15,16). The van der Waals surface area contributed by atoms with Gasteiger partial charge in [0.2, 0.25) is 5.91 Å². The van der Waals surface area contributed by atoms with Crippen molar-refractivity contribution in [3.8, 4) is 11.5 Å². The number of rotatable bonds is 2. The van der Waals surface area contributed by atoms with E-state index < -0.39 is 0 Å². The van der Waals surface area contributed by atoms with Gasteiger partial charge in [0.25, 0.3) is 0 Å². The molecule has 1 aromatic carbocycles. The quantitative estimate of drug-likeness (QED) is 0.864. The Hall–Kier alpha value is -1.71. The normalized spacial score (nSPS) is 25.6. The van der Waals surface area contributed by atoms with E-state index >= 15 is 0 Å². The molecule has 2 aliphatic rings. The molecule has 0 bridgehead atoms. The van der Waals surface area contributed by atoms with Crippen LogP contribution in [0.3, 0.4) is 0 Å². The van der Waals surface area contributed by atoms with Gasteiger partial charge in [0.1, 0.15) is 17.6 Å². The Morgan fingerprint density at radius 1 is 1.39 bits per heavy atom. The van der Waals surface area contributed by atoms with Crippen molar-refractivity contribution in [2.45, 2.75) is 31.8 Å². The van der Waals surface area contributed by atoms with Crippen LogP contribution in [-0.4, -0.2) is 25.7 Å². The van der Waals surface area contributed by atoms with Crippen molar-refractivity contribution in [3.63, 3.8) is 0 Å². The van der Waals surface area contributed by atoms with Gasteiger partial charge < -0.3 is 14.8 Å². The largest absolute Gasteiger partial charge is 0.496 e. The van der Waals surface area contributed by atoms with E-state index in [4.69, 9.17) is 9.47 Å². The summed E-state index contributed by atoms with van der Waals surface area (Å²) in [5.41, 5.74) is 2.27. The molecule has 2 atom stereocenters. The molecule has 1 fully saturated rings. The zero-order valence-corrected chi connectivity index (χ0v) is 10.7. The van der Waals surface area contributed by atoms with Crippen molar-refractivity contribution in [2.24, 2.45) is 0 Å². The molecular formula is C14H17NO3. The Kier molecular flexibility index (Phi) is 2.65. The predicted molar refractivity (Wildman–Crippen MR) is 67.2 cm³/mol. The highest BCUT2D eigenvalue weighted by atomic mass is 16.5. The summed E-state index contributed by atoms with van der Waals surface area (Å²) in [6, 6.07) is 4.10. The first-order chi connectivity index (χ1) is 8.67. The number of carbonyl (C=O) groups excluding carboxylic acids is 1. The first-order valence-electron chi connectivity index (χ1n) is 6.31. The van der Waals surface area contributed by atoms with Crippen molar-refractivity contribution in [1.29, 1.82) is 0 Å². The van der Waals surface area contributed by atoms with E-state index in [0.29, 0.717) is 13.0 Å². The van der Waals surface area contributed by atoms with Gasteiger partial charge in [-0.25, -0.2) is 0 Å². The Labute approximate surface area is 106 Å². The van der Waals surface area contributed by atoms with E-state index in [9.17, 15) is 4.79 Å². The van der Waals surface area contributed by atoms with E-state index in [-0.39, 0.29) is 17.9 Å². The molecule has 96 valence electrons. The number of amides is 1. The molecule has 4 nitrogen and oxygen atoms in total. The van der Waals surface area contributed by atoms with Crippen LogP contribution in [-0.2, 0) is 11.2 Å². The zero-order chi connectivity index (χ0) is 12.7. The van der Waals surface area contributed by atoms with Crippen LogP contribution in [0, 0.1) is 0 Å². The van der Waals surface area contributed by atoms with E-state index in [1.807, 2.05) is 6.07 Å². The number of nitrogens with one attached hydrogen (secondary N) is 1. The smallest absolute Gasteiger partial charge is 0.220 e. The molecule has 2 unspecified atom stereocenters. The highest BCUT2D eigenvalue weighted by Gasteiger charge is 2.29. The average Bonchev–Trinajstić information content (AvgIpc) is 2.91. The van der Waals surface area contributed by atoms with Crippen molar-refractivity contribution in [1.82, 2.24) is 5.32 Å². The minimum absolute atomic E-state index is 0.108. The lowest BCUT2D eigenvalue weighted by molar-refractivity contribution is -0.119. The molecule has 0 radical (unpaired) electrons. The third-order valence-corrected chi connectivity index (χ3v) is 3.67. The third-order valence-electron chi connectivity index (χ3n) is 3.67. The first kappa shape index (κ1) is 11.4. The fourth-order valence-corrected chi connectivity index (χ4v) is 2.78. The monoisotopic (exact) mass is 247 g/mol. The summed E-state index contributed by atoms with van der Waals surface area (Å²) in [5.74, 6) is 2.11. The van der Waals surface area contributed by atoms with Crippen LogP contribution < -0.4 is 14.8 Å². The molecule has 0 aromatic heterocycles. The third kappa shape index (κ3) is 1.82. The maximum atomic E-state index is 11.3. The van der Waals surface area contributed by atoms with Crippen LogP contribution in [0.4, 0.5) is 0 Å². The van der Waals surface area contributed by atoms with Gasteiger partial charge >= 0.3 is 0 Å². The summed E-state index contributed by atoms with van der Waals surface area (Å²) in [6.07, 6.45) is 1.68. The van der Waals surface area contributed by atoms with Gasteiger partial charge in [-0.3, -0.25) is 4.79 Å². The summed E-state index contributed by atoms with van der Waals surface area (Å²) < 4.78 is 11.2. The summed E-state index contributed by atoms with van der Waals surface area (Å²) in [6.45, 7) is 2.75. The summed E-state index contributed by atoms with van der Waals surface area (Å²) in [7, 11) is 1.68. The molecule has 18 heavy (non-hydrogen) atoms. The van der Waals surface area contributed by atoms with E-state index in [2.05, 4.69) is 18.3 Å². The number of carbonyl (C=O) groups is 1. The van der Waals surface area contributed by atoms with Crippen molar-refractivity contribution >= 4 is 5.91 Å². The van der Waals surface area contributed by atoms with Gasteiger partial charge in [-0.15, -0.1) is 0 Å². The lowest BCUT2D eigenvalue weighted by Gasteiger charge is -2.15. The zero-order valence-electron chi connectivity index (χ0n) is 10.7. The van der Waals surface area contributed by atoms with E-state index in [1.54, 1.807) is 7.11 Å². The SMILES string of the molecule is COc1cc2c(cc1C1CNC(=O)C1)OC(C)C2. The Morgan fingerprint density at radius 2 is 2.22 bits per heavy atom. The topological polar surface area (TPSA) is 47.6 Å². The van der Waals surface area contributed by atoms with Gasteiger partial charge in [-0.1, -0.05) is 0 Å². The molecule has 1 amide bonds. The summed E-state index contributed by atoms with van der Waals surface area (Å²) in [5, 5.41) is 2.86. The van der Waals surface area contributed by atoms with Crippen LogP contribution in [0.2, 0.25) is 0 Å². The molecule has 0 saturated carbocycles. The molecule has 2 heterocycles. The van der Waals surface area contributed by atoms with Crippen molar-refractivity contribution in [3.05, 3.63) is 23.3 Å². The van der Waals surface area contributed by atoms with Crippen LogP contribution in [0.1, 0.15) is 30.4 Å². The molecule has 1 N–H and O–H groups in total. The summed E-state index contributed by atoms with van der Waals surface area (Å²) in [4.78, 5) is 11.3. The Balaban J connectivity index is 1.98. The lowest BCUT2D eigenvalue weighted by atomic mass is 9.95. The number of hydrogen-bond donors (Lipinski definition) is 1. The van der Waals surface area contributed by atoms with Gasteiger partial charge in [0.15, 0.2) is 0 Å². The van der Waals surface area contributed by atoms with E-state index in [1.165, 1.54) is 5.56 Å². The minimum Gasteiger partial charge on any atom is -0.496 e. The highest BCUT2D eigenvalue weighted by molar-refractivity contribution is 5.79. The highest BCUT2D eigenvalue weighted by Crippen LogP contribution is 2.39. The molecule has 2 aliphatic heterocycles. The summed E-state index contributed by atoms with van der Waals surface area (Å²) >= 11 is 0. The molecular weight excluding hydrogens is 230 g/mol. The van der Waals surface area contributed by atoms with Gasteiger partial charge in [-0.05, 0) is 19.1 Å². The lowest BCUT2D eigenvalue weighted by Crippen LogP contribution is -2.13. The first-order valence-corrected chi connectivity index (χ1v) is 6.31. The van der Waals surface area contributed by atoms with Crippen molar-refractivity contribution < 1.29 is 14.3 Å². The van der Waals surface area contributed by atoms with Gasteiger partial charge in [-0.2, -0.15) is 0 Å². The minimum atomic E-state index is 0.108. The number of methoxy groups -OCH3 is 1.